The van der Waals surface area contributed by atoms with E-state index in [0.29, 0.717) is 10.0 Å². The second-order valence-electron chi connectivity index (χ2n) is 2.92. The molecule has 1 aromatic carbocycles. The summed E-state index contributed by atoms with van der Waals surface area (Å²) in [6.07, 6.45) is 0. The number of hydrogen-bond acceptors (Lipinski definition) is 1. The fourth-order valence-corrected chi connectivity index (χ4v) is 1.50. The van der Waals surface area contributed by atoms with E-state index < -0.39 is 0 Å². The van der Waals surface area contributed by atoms with Crippen LogP contribution in [0.25, 0.3) is 0 Å². The average Bonchev–Trinajstić information content (AvgIpc) is 2.91. The van der Waals surface area contributed by atoms with Gasteiger partial charge in [0, 0.05) is 17.6 Å². The molecule has 0 bridgehead atoms. The van der Waals surface area contributed by atoms with Crippen molar-refractivity contribution >= 4 is 21.8 Å². The molecule has 1 aromatic rings. The lowest BCUT2D eigenvalue weighted by molar-refractivity contribution is 0.0884. The molecule has 0 atom stereocenters. The highest BCUT2D eigenvalue weighted by Gasteiger charge is 2.26. The van der Waals surface area contributed by atoms with E-state index in [1.807, 2.05) is 0 Å². The third kappa shape index (κ3) is 1.72. The lowest BCUT2D eigenvalue weighted by atomic mass is 10.2. The minimum atomic E-state index is -0.381. The van der Waals surface area contributed by atoms with Crippen molar-refractivity contribution in [2.24, 2.45) is 0 Å². The van der Waals surface area contributed by atoms with Crippen molar-refractivity contribution < 1.29 is 9.18 Å². The van der Waals surface area contributed by atoms with Crippen molar-refractivity contribution in [3.8, 4) is 0 Å². The first-order chi connectivity index (χ1) is 6.18. The lowest BCUT2D eigenvalue weighted by Crippen LogP contribution is -2.11. The first-order valence-electron chi connectivity index (χ1n) is 3.93. The Balaban J connectivity index is 2.37. The molecule has 2 nitrogen and oxygen atoms in total. The summed E-state index contributed by atoms with van der Waals surface area (Å²) in [7, 11) is 0. The maximum Gasteiger partial charge on any atom is 0.255 e. The fraction of sp³-hybridized carbons (Fsp3) is 0.222. The van der Waals surface area contributed by atoms with Gasteiger partial charge in [-0.2, -0.15) is 0 Å². The van der Waals surface area contributed by atoms with Crippen molar-refractivity contribution in [3.63, 3.8) is 0 Å². The SMILES string of the molecule is O=C(c1cc(F)ccc1Br)N1CC1. The highest BCUT2D eigenvalue weighted by atomic mass is 79.9. The standard InChI is InChI=1S/C9H7BrFNO/c10-8-2-1-6(11)5-7(8)9(13)12-3-4-12/h1-2,5H,3-4H2. The Kier molecular flexibility index (Phi) is 2.07. The molecule has 1 fully saturated rings. The third-order valence-electron chi connectivity index (χ3n) is 1.89. The van der Waals surface area contributed by atoms with E-state index in [2.05, 4.69) is 15.9 Å². The molecule has 0 aromatic heterocycles. The number of nitrogens with zero attached hydrogens (tertiary/aromatic N) is 1. The van der Waals surface area contributed by atoms with Gasteiger partial charge in [-0.05, 0) is 34.1 Å². The van der Waals surface area contributed by atoms with Crippen molar-refractivity contribution in [1.82, 2.24) is 4.90 Å². The van der Waals surface area contributed by atoms with Gasteiger partial charge < -0.3 is 4.90 Å². The molecule has 0 N–H and O–H groups in total. The highest BCUT2D eigenvalue weighted by molar-refractivity contribution is 9.10. The second kappa shape index (κ2) is 3.10. The third-order valence-corrected chi connectivity index (χ3v) is 2.58. The minimum Gasteiger partial charge on any atom is -0.335 e. The monoisotopic (exact) mass is 243 g/mol. The van der Waals surface area contributed by atoms with Gasteiger partial charge in [-0.1, -0.05) is 0 Å². The number of rotatable bonds is 1. The van der Waals surface area contributed by atoms with Gasteiger partial charge >= 0.3 is 0 Å². The number of hydrogen-bond donors (Lipinski definition) is 0. The van der Waals surface area contributed by atoms with Crippen LogP contribution < -0.4 is 0 Å². The van der Waals surface area contributed by atoms with Crippen LogP contribution in [-0.4, -0.2) is 23.9 Å². The summed E-state index contributed by atoms with van der Waals surface area (Å²) < 4.78 is 13.4. The van der Waals surface area contributed by atoms with E-state index in [1.165, 1.54) is 12.1 Å². The van der Waals surface area contributed by atoms with E-state index in [4.69, 9.17) is 0 Å². The molecule has 0 unspecified atom stereocenters. The zero-order chi connectivity index (χ0) is 9.42. The molecule has 0 aliphatic carbocycles. The van der Waals surface area contributed by atoms with Crippen molar-refractivity contribution in [2.45, 2.75) is 0 Å². The Morgan fingerprint density at radius 1 is 1.46 bits per heavy atom. The average molecular weight is 244 g/mol. The summed E-state index contributed by atoms with van der Waals surface area (Å²) in [5, 5.41) is 0. The van der Waals surface area contributed by atoms with Crippen LogP contribution in [0.2, 0.25) is 0 Å². The van der Waals surface area contributed by atoms with Crippen LogP contribution in [0.1, 0.15) is 10.4 Å². The summed E-state index contributed by atoms with van der Waals surface area (Å²) >= 11 is 3.21. The van der Waals surface area contributed by atoms with Gasteiger partial charge in [-0.25, -0.2) is 4.39 Å². The Morgan fingerprint density at radius 2 is 2.15 bits per heavy atom. The van der Waals surface area contributed by atoms with E-state index in [-0.39, 0.29) is 11.7 Å². The van der Waals surface area contributed by atoms with Crippen molar-refractivity contribution in [3.05, 3.63) is 34.1 Å². The smallest absolute Gasteiger partial charge is 0.255 e. The van der Waals surface area contributed by atoms with Gasteiger partial charge in [0.1, 0.15) is 5.82 Å². The Hall–Kier alpha value is -0.900. The summed E-state index contributed by atoms with van der Waals surface area (Å²) in [5.74, 6) is -0.486. The summed E-state index contributed by atoms with van der Waals surface area (Å²) in [6, 6.07) is 4.12. The van der Waals surface area contributed by atoms with Crippen molar-refractivity contribution in [2.75, 3.05) is 13.1 Å². The van der Waals surface area contributed by atoms with Gasteiger partial charge in [-0.3, -0.25) is 4.79 Å². The number of carbonyl (C=O) groups excluding carboxylic acids is 1. The maximum atomic E-state index is 12.8. The lowest BCUT2D eigenvalue weighted by Gasteiger charge is -2.03. The van der Waals surface area contributed by atoms with Crippen LogP contribution in [0.4, 0.5) is 4.39 Å². The van der Waals surface area contributed by atoms with E-state index in [1.54, 1.807) is 11.0 Å². The van der Waals surface area contributed by atoms with E-state index in [9.17, 15) is 9.18 Å². The molecule has 0 spiro atoms. The molecule has 4 heteroatoms. The molecule has 1 amide bonds. The molecular weight excluding hydrogens is 237 g/mol. The summed E-state index contributed by atoms with van der Waals surface area (Å²) in [6.45, 7) is 1.56. The largest absolute Gasteiger partial charge is 0.335 e. The zero-order valence-corrected chi connectivity index (χ0v) is 8.34. The Bertz CT molecular complexity index is 363. The quantitative estimate of drug-likeness (QED) is 0.692. The topological polar surface area (TPSA) is 20.1 Å². The molecule has 0 radical (unpaired) electrons. The van der Waals surface area contributed by atoms with Crippen LogP contribution in [0, 0.1) is 5.82 Å². The second-order valence-corrected chi connectivity index (χ2v) is 3.77. The molecule has 68 valence electrons. The first-order valence-corrected chi connectivity index (χ1v) is 4.72. The minimum absolute atomic E-state index is 0.105. The molecule has 2 rings (SSSR count). The number of amides is 1. The predicted octanol–water partition coefficient (Wildman–Crippen LogP) is 2.04. The van der Waals surface area contributed by atoms with Gasteiger partial charge in [-0.15, -0.1) is 0 Å². The van der Waals surface area contributed by atoms with Crippen LogP contribution in [0.3, 0.4) is 0 Å². The van der Waals surface area contributed by atoms with Gasteiger partial charge in [0.25, 0.3) is 5.91 Å². The van der Waals surface area contributed by atoms with Crippen molar-refractivity contribution in [1.29, 1.82) is 0 Å². The molecule has 1 heterocycles. The predicted molar refractivity (Wildman–Crippen MR) is 50.0 cm³/mol. The number of halogens is 2. The summed E-state index contributed by atoms with van der Waals surface area (Å²) in [5.41, 5.74) is 0.400. The van der Waals surface area contributed by atoms with Crippen LogP contribution >= 0.6 is 15.9 Å². The normalized spacial score (nSPS) is 14.5. The molecular formula is C9H7BrFNO. The van der Waals surface area contributed by atoms with Crippen LogP contribution in [-0.2, 0) is 0 Å². The van der Waals surface area contributed by atoms with E-state index in [0.717, 1.165) is 13.1 Å². The molecule has 13 heavy (non-hydrogen) atoms. The molecule has 1 saturated heterocycles. The Morgan fingerprint density at radius 3 is 2.77 bits per heavy atom. The molecule has 0 saturated carbocycles. The summed E-state index contributed by atoms with van der Waals surface area (Å²) in [4.78, 5) is 13.2. The zero-order valence-electron chi connectivity index (χ0n) is 6.76. The highest BCUT2D eigenvalue weighted by Crippen LogP contribution is 2.21. The Labute approximate surface area is 83.5 Å². The number of benzene rings is 1. The maximum absolute atomic E-state index is 12.8. The van der Waals surface area contributed by atoms with Crippen LogP contribution in [0.5, 0.6) is 0 Å². The fourth-order valence-electron chi connectivity index (χ4n) is 1.08. The van der Waals surface area contributed by atoms with Gasteiger partial charge in [0.15, 0.2) is 0 Å². The van der Waals surface area contributed by atoms with Gasteiger partial charge in [0.05, 0.1) is 5.56 Å². The first kappa shape index (κ1) is 8.69. The van der Waals surface area contributed by atoms with Crippen LogP contribution in [0.15, 0.2) is 22.7 Å². The van der Waals surface area contributed by atoms with Gasteiger partial charge in [0.2, 0.25) is 0 Å². The van der Waals surface area contributed by atoms with E-state index >= 15 is 0 Å². The molecule has 1 aliphatic heterocycles. The molecule has 1 aliphatic rings. The number of carbonyl (C=O) groups is 1.